The molecule has 0 spiro atoms. The van der Waals surface area contributed by atoms with E-state index in [1.165, 1.54) is 24.0 Å². The van der Waals surface area contributed by atoms with Gasteiger partial charge in [-0.1, -0.05) is 49.4 Å². The molecule has 2 saturated heterocycles. The van der Waals surface area contributed by atoms with Gasteiger partial charge in [0.15, 0.2) is 0 Å². The van der Waals surface area contributed by atoms with Crippen molar-refractivity contribution in [1.29, 1.82) is 0 Å². The second-order valence-electron chi connectivity index (χ2n) is 13.2. The van der Waals surface area contributed by atoms with Crippen LogP contribution in [0.25, 0.3) is 0 Å². The first kappa shape index (κ1) is 32.6. The van der Waals surface area contributed by atoms with Crippen LogP contribution in [-0.2, 0) is 6.54 Å². The molecule has 1 unspecified atom stereocenters. The highest BCUT2D eigenvalue weighted by atomic mass is 16.1. The van der Waals surface area contributed by atoms with Gasteiger partial charge in [0.25, 0.3) is 5.91 Å². The fourth-order valence-corrected chi connectivity index (χ4v) is 6.96. The van der Waals surface area contributed by atoms with Crippen LogP contribution < -0.4 is 10.6 Å². The molecule has 4 atom stereocenters. The number of allylic oxidation sites excluding steroid dienone is 2. The van der Waals surface area contributed by atoms with E-state index in [1.54, 1.807) is 6.21 Å². The van der Waals surface area contributed by atoms with Gasteiger partial charge in [-0.2, -0.15) is 0 Å². The second-order valence-corrected chi connectivity index (χ2v) is 13.2. The molecule has 1 amide bonds. The molecule has 5 rings (SSSR count). The molecule has 3 aliphatic heterocycles. The summed E-state index contributed by atoms with van der Waals surface area (Å²) in [5, 5.41) is 6.59. The molecule has 0 saturated carbocycles. The predicted molar refractivity (Wildman–Crippen MR) is 188 cm³/mol. The lowest BCUT2D eigenvalue weighted by atomic mass is 9.79. The van der Waals surface area contributed by atoms with Crippen LogP contribution >= 0.6 is 0 Å². The Balaban J connectivity index is 1.21. The summed E-state index contributed by atoms with van der Waals surface area (Å²) in [6.45, 7) is 19.7. The van der Waals surface area contributed by atoms with E-state index in [2.05, 4.69) is 97.6 Å². The number of piperidine rings is 1. The molecule has 7 heteroatoms. The van der Waals surface area contributed by atoms with E-state index in [0.717, 1.165) is 67.2 Å². The maximum absolute atomic E-state index is 13.3. The number of rotatable bonds is 10. The Bertz CT molecular complexity index is 1520. The first-order chi connectivity index (χ1) is 21.6. The number of nitrogens with one attached hydrogen (secondary N) is 2. The van der Waals surface area contributed by atoms with E-state index < -0.39 is 0 Å². The minimum absolute atomic E-state index is 0.0147. The van der Waals surface area contributed by atoms with Gasteiger partial charge in [-0.3, -0.25) is 19.7 Å². The van der Waals surface area contributed by atoms with Crippen LogP contribution in [-0.4, -0.2) is 65.5 Å². The highest BCUT2D eigenvalue weighted by Gasteiger charge is 2.45. The largest absolute Gasteiger partial charge is 0.363 e. The maximum Gasteiger partial charge on any atom is 0.255 e. The Labute approximate surface area is 269 Å². The van der Waals surface area contributed by atoms with Gasteiger partial charge in [-0.25, -0.2) is 0 Å². The number of benzene rings is 2. The lowest BCUT2D eigenvalue weighted by molar-refractivity contribution is -0.0485. The molecule has 2 aromatic rings. The van der Waals surface area contributed by atoms with Gasteiger partial charge in [-0.15, -0.1) is 6.58 Å². The Hall–Kier alpha value is -3.81. The lowest BCUT2D eigenvalue weighted by Crippen LogP contribution is -2.66. The number of fused-ring (bicyclic) bond motifs is 2. The predicted octanol–water partition coefficient (Wildman–Crippen LogP) is 7.23. The molecule has 7 nitrogen and oxygen atoms in total. The van der Waals surface area contributed by atoms with Crippen LogP contribution in [0.5, 0.6) is 0 Å². The third kappa shape index (κ3) is 7.54. The molecular weight excluding hydrogens is 556 g/mol. The number of hydrogen-bond donors (Lipinski definition) is 2. The monoisotopic (exact) mass is 606 g/mol. The van der Waals surface area contributed by atoms with Crippen molar-refractivity contribution in [2.45, 2.75) is 90.0 Å². The number of hydrogen-bond acceptors (Lipinski definition) is 6. The summed E-state index contributed by atoms with van der Waals surface area (Å²) in [6, 6.07) is 14.6. The summed E-state index contributed by atoms with van der Waals surface area (Å²) < 4.78 is 0. The van der Waals surface area contributed by atoms with E-state index in [0.29, 0.717) is 11.6 Å². The van der Waals surface area contributed by atoms with Gasteiger partial charge in [-0.05, 0) is 101 Å². The first-order valence-corrected chi connectivity index (χ1v) is 16.5. The average molecular weight is 607 g/mol. The van der Waals surface area contributed by atoms with Crippen molar-refractivity contribution >= 4 is 23.6 Å². The Morgan fingerprint density at radius 3 is 2.80 bits per heavy atom. The van der Waals surface area contributed by atoms with Gasteiger partial charge in [0.1, 0.15) is 5.84 Å². The number of aliphatic imine (C=N–C) groups is 2. The Kier molecular flexibility index (Phi) is 10.2. The highest BCUT2D eigenvalue weighted by Crippen LogP contribution is 2.39. The van der Waals surface area contributed by atoms with Crippen molar-refractivity contribution in [3.05, 3.63) is 101 Å². The molecule has 2 bridgehead atoms. The number of amidine groups is 1. The van der Waals surface area contributed by atoms with E-state index in [4.69, 9.17) is 4.99 Å². The van der Waals surface area contributed by atoms with Gasteiger partial charge >= 0.3 is 0 Å². The number of nitrogens with zero attached hydrogens (tertiary/aromatic N) is 4. The number of piperazine rings is 1. The van der Waals surface area contributed by atoms with Crippen LogP contribution in [0.2, 0.25) is 0 Å². The normalized spacial score (nSPS) is 25.0. The molecular formula is C38H50N6O. The Morgan fingerprint density at radius 2 is 2.07 bits per heavy atom. The molecule has 2 aromatic carbocycles. The smallest absolute Gasteiger partial charge is 0.255 e. The number of aryl methyl sites for hydroxylation is 1. The summed E-state index contributed by atoms with van der Waals surface area (Å²) in [5.74, 6) is 0.648. The average Bonchev–Trinajstić information content (AvgIpc) is 3.01. The van der Waals surface area contributed by atoms with Crippen molar-refractivity contribution in [2.24, 2.45) is 9.98 Å². The zero-order chi connectivity index (χ0) is 32.1. The van der Waals surface area contributed by atoms with Crippen molar-refractivity contribution in [3.8, 4) is 0 Å². The standard InChI is InChI=1S/C38H50N6O/c1-8-26(3)15-18-35-29(6)41-36(22-39-35)40-28(5)30-12-10-13-33(21-30)42-37(45)31-16-17-32(27(4)20-31)23-44-34-14-11-19-38(44,9-2)25-43(7)24-34/h9-10,12-13,16-18,20-22,28-29,34H,2-3,8,11,14-15,19,23-25H2,1,4-7H3,(H,40,41)(H,42,45)/b35-18+/t28-,29?,34-,38+/m0/s1. The lowest BCUT2D eigenvalue weighted by Gasteiger charge is -2.56. The number of carbonyl (C=O) groups excluding carboxylic acids is 1. The number of amides is 1. The Morgan fingerprint density at radius 1 is 1.24 bits per heavy atom. The summed E-state index contributed by atoms with van der Waals surface area (Å²) in [7, 11) is 2.22. The molecule has 45 heavy (non-hydrogen) atoms. The third-order valence-electron chi connectivity index (χ3n) is 9.76. The van der Waals surface area contributed by atoms with Gasteiger partial charge in [0.05, 0.1) is 29.5 Å². The summed E-state index contributed by atoms with van der Waals surface area (Å²) in [6.07, 6.45) is 11.5. The number of likely N-dealkylation sites (tertiary alicyclic amines) is 1. The topological polar surface area (TPSA) is 72.3 Å². The minimum atomic E-state index is -0.107. The summed E-state index contributed by atoms with van der Waals surface area (Å²) in [4.78, 5) is 27.9. The van der Waals surface area contributed by atoms with Crippen LogP contribution in [0.15, 0.2) is 89.0 Å². The molecule has 0 radical (unpaired) electrons. The fraction of sp³-hybridized carbons (Fsp3) is 0.447. The van der Waals surface area contributed by atoms with Gasteiger partial charge in [0.2, 0.25) is 0 Å². The highest BCUT2D eigenvalue weighted by molar-refractivity contribution is 6.30. The van der Waals surface area contributed by atoms with E-state index in [-0.39, 0.29) is 23.5 Å². The summed E-state index contributed by atoms with van der Waals surface area (Å²) in [5.41, 5.74) is 7.08. The molecule has 2 N–H and O–H groups in total. The molecule has 3 aliphatic rings. The van der Waals surface area contributed by atoms with Crippen LogP contribution in [0, 0.1) is 6.92 Å². The van der Waals surface area contributed by atoms with Crippen molar-refractivity contribution in [2.75, 3.05) is 25.5 Å². The van der Waals surface area contributed by atoms with Crippen molar-refractivity contribution in [3.63, 3.8) is 0 Å². The third-order valence-corrected chi connectivity index (χ3v) is 9.76. The molecule has 0 aromatic heterocycles. The van der Waals surface area contributed by atoms with E-state index in [9.17, 15) is 4.79 Å². The van der Waals surface area contributed by atoms with E-state index >= 15 is 0 Å². The van der Waals surface area contributed by atoms with Gasteiger partial charge in [0, 0.05) is 36.9 Å². The quantitative estimate of drug-likeness (QED) is 0.280. The number of carbonyl (C=O) groups is 1. The molecule has 238 valence electrons. The maximum atomic E-state index is 13.3. The minimum Gasteiger partial charge on any atom is -0.363 e. The fourth-order valence-electron chi connectivity index (χ4n) is 6.96. The number of likely N-dealkylation sites (N-methyl/N-ethyl adjacent to an activating group) is 1. The van der Waals surface area contributed by atoms with Gasteiger partial charge < -0.3 is 15.5 Å². The summed E-state index contributed by atoms with van der Waals surface area (Å²) >= 11 is 0. The van der Waals surface area contributed by atoms with Crippen LogP contribution in [0.1, 0.15) is 86.0 Å². The SMILES string of the molecule is C=C[C@@]12CCC[C@@H](CN(C)C1)N2Cc1ccc(C(=O)Nc2cccc([C@H](C)NC3=NC(C)/C(=C\CC(=C)CC)N=C3)c2)cc1C. The first-order valence-electron chi connectivity index (χ1n) is 16.5. The zero-order valence-corrected chi connectivity index (χ0v) is 27.8. The van der Waals surface area contributed by atoms with Crippen molar-refractivity contribution in [1.82, 2.24) is 15.1 Å². The van der Waals surface area contributed by atoms with E-state index in [1.807, 2.05) is 30.3 Å². The molecule has 0 aliphatic carbocycles. The van der Waals surface area contributed by atoms with Crippen molar-refractivity contribution < 1.29 is 4.79 Å². The molecule has 3 heterocycles. The van der Waals surface area contributed by atoms with Crippen LogP contribution in [0.3, 0.4) is 0 Å². The second kappa shape index (κ2) is 14.1. The number of anilines is 1. The molecule has 2 fully saturated rings. The zero-order valence-electron chi connectivity index (χ0n) is 27.8. The van der Waals surface area contributed by atoms with Crippen LogP contribution in [0.4, 0.5) is 5.69 Å².